The summed E-state index contributed by atoms with van der Waals surface area (Å²) in [5.74, 6) is -0.858. The molecule has 3 saturated carbocycles. The molecule has 4 rings (SSSR count). The van der Waals surface area contributed by atoms with Crippen LogP contribution in [0.3, 0.4) is 0 Å². The van der Waals surface area contributed by atoms with E-state index in [0.717, 1.165) is 32.1 Å². The van der Waals surface area contributed by atoms with Gasteiger partial charge < -0.3 is 24.3 Å². The van der Waals surface area contributed by atoms with Crippen LogP contribution in [0.2, 0.25) is 0 Å². The number of carbonyl (C=O) groups is 5. The number of hydrogen-bond donors (Lipinski definition) is 1. The number of amides is 1. The Bertz CT molecular complexity index is 1200. The average Bonchev–Trinajstić information content (AvgIpc) is 3.26. The van der Waals surface area contributed by atoms with Crippen LogP contribution in [-0.4, -0.2) is 60.7 Å². The maximum absolute atomic E-state index is 13.8. The molecule has 0 aromatic heterocycles. The van der Waals surface area contributed by atoms with Crippen molar-refractivity contribution >= 4 is 29.8 Å². The fourth-order valence-corrected chi connectivity index (χ4v) is 11.0. The van der Waals surface area contributed by atoms with E-state index in [-0.39, 0.29) is 64.7 Å². The predicted molar refractivity (Wildman–Crippen MR) is 174 cm³/mol. The fourth-order valence-electron chi connectivity index (χ4n) is 11.0. The second-order valence-electron chi connectivity index (χ2n) is 16.0. The fraction of sp³-hybridized carbons (Fsp3) is 0.865. The number of esters is 4. The van der Waals surface area contributed by atoms with Gasteiger partial charge in [0.2, 0.25) is 5.91 Å². The van der Waals surface area contributed by atoms with Crippen LogP contribution in [0, 0.1) is 58.2 Å². The van der Waals surface area contributed by atoms with Gasteiger partial charge in [-0.3, -0.25) is 24.0 Å². The summed E-state index contributed by atoms with van der Waals surface area (Å²) in [6.45, 7) is 19.2. The van der Waals surface area contributed by atoms with E-state index in [0.29, 0.717) is 25.3 Å². The molecule has 1 amide bonds. The van der Waals surface area contributed by atoms with Crippen molar-refractivity contribution in [1.82, 2.24) is 5.32 Å². The molecule has 4 fully saturated rings. The zero-order chi connectivity index (χ0) is 35.0. The molecule has 0 bridgehead atoms. The second-order valence-corrected chi connectivity index (χ2v) is 16.0. The molecule has 1 N–H and O–H groups in total. The van der Waals surface area contributed by atoms with Crippen molar-refractivity contribution in [2.24, 2.45) is 58.2 Å². The second kappa shape index (κ2) is 14.5. The molecule has 0 radical (unpaired) electrons. The van der Waals surface area contributed by atoms with Crippen molar-refractivity contribution in [2.75, 3.05) is 6.54 Å². The van der Waals surface area contributed by atoms with Crippen molar-refractivity contribution in [3.63, 3.8) is 0 Å². The van der Waals surface area contributed by atoms with Crippen molar-refractivity contribution in [2.45, 2.75) is 139 Å². The van der Waals surface area contributed by atoms with Gasteiger partial charge >= 0.3 is 23.9 Å². The highest BCUT2D eigenvalue weighted by Gasteiger charge is 2.63. The molecular weight excluding hydrogens is 602 g/mol. The van der Waals surface area contributed by atoms with Gasteiger partial charge in [-0.15, -0.1) is 0 Å². The molecule has 4 unspecified atom stereocenters. The standard InChI is InChI=1S/C37H59NO9/c1-11-25(19(2)3)34(47-24(8)42)33(46-23(7)41)20(4)27-12-13-28-26-18-38-35(43)30-16-31(44-21(5)39)32(45-22(6)40)17-37(30,10)29(26)14-15-36(27,28)9/h19-20,25-34H,11-18H2,1-10H3,(H,38,43)/t20-,25-,26?,27+,28?,29?,30?,31-,32+,33-,34-,36+,37+/m0/s1. The first kappa shape index (κ1) is 37.2. The van der Waals surface area contributed by atoms with E-state index in [9.17, 15) is 24.0 Å². The molecule has 266 valence electrons. The summed E-state index contributed by atoms with van der Waals surface area (Å²) >= 11 is 0. The molecule has 0 aromatic carbocycles. The highest BCUT2D eigenvalue weighted by atomic mass is 16.6. The Hall–Kier alpha value is -2.65. The maximum atomic E-state index is 13.8. The van der Waals surface area contributed by atoms with Crippen molar-refractivity contribution < 1.29 is 42.9 Å². The van der Waals surface area contributed by atoms with E-state index < -0.39 is 41.8 Å². The quantitative estimate of drug-likeness (QED) is 0.233. The average molecular weight is 662 g/mol. The Morgan fingerprint density at radius 2 is 1.38 bits per heavy atom. The highest BCUT2D eigenvalue weighted by Crippen LogP contribution is 2.66. The van der Waals surface area contributed by atoms with Crippen LogP contribution in [0.4, 0.5) is 0 Å². The lowest BCUT2D eigenvalue weighted by Gasteiger charge is -2.57. The van der Waals surface area contributed by atoms with Gasteiger partial charge in [0.1, 0.15) is 24.4 Å². The highest BCUT2D eigenvalue weighted by molar-refractivity contribution is 5.80. The summed E-state index contributed by atoms with van der Waals surface area (Å²) in [5, 5.41) is 3.28. The normalized spacial score (nSPS) is 37.4. The first-order chi connectivity index (χ1) is 21.9. The van der Waals surface area contributed by atoms with E-state index in [1.54, 1.807) is 0 Å². The number of ether oxygens (including phenoxy) is 4. The number of hydrogen-bond acceptors (Lipinski definition) is 9. The van der Waals surface area contributed by atoms with Crippen molar-refractivity contribution in [1.29, 1.82) is 0 Å². The molecule has 1 saturated heterocycles. The van der Waals surface area contributed by atoms with Gasteiger partial charge in [-0.05, 0) is 78.9 Å². The number of rotatable bonds is 10. The third-order valence-corrected chi connectivity index (χ3v) is 13.0. The molecule has 47 heavy (non-hydrogen) atoms. The minimum Gasteiger partial charge on any atom is -0.459 e. The Balaban J connectivity index is 1.66. The lowest BCUT2D eigenvalue weighted by Crippen LogP contribution is -2.56. The van der Waals surface area contributed by atoms with E-state index in [4.69, 9.17) is 18.9 Å². The smallest absolute Gasteiger partial charge is 0.303 e. The van der Waals surface area contributed by atoms with Crippen LogP contribution >= 0.6 is 0 Å². The molecule has 4 aliphatic rings. The van der Waals surface area contributed by atoms with Crippen molar-refractivity contribution in [3.05, 3.63) is 0 Å². The molecule has 0 spiro atoms. The van der Waals surface area contributed by atoms with Gasteiger partial charge in [-0.2, -0.15) is 0 Å². The Kier molecular flexibility index (Phi) is 11.4. The summed E-state index contributed by atoms with van der Waals surface area (Å²) in [7, 11) is 0. The van der Waals surface area contributed by atoms with Crippen LogP contribution in [0.25, 0.3) is 0 Å². The van der Waals surface area contributed by atoms with E-state index in [2.05, 4.69) is 46.9 Å². The number of nitrogens with one attached hydrogen (secondary N) is 1. The number of fused-ring (bicyclic) bond motifs is 5. The zero-order valence-corrected chi connectivity index (χ0v) is 30.3. The topological polar surface area (TPSA) is 134 Å². The van der Waals surface area contributed by atoms with Gasteiger partial charge in [0.05, 0.1) is 0 Å². The van der Waals surface area contributed by atoms with E-state index >= 15 is 0 Å². The molecular formula is C37H59NO9. The summed E-state index contributed by atoms with van der Waals surface area (Å²) < 4.78 is 23.5. The molecule has 13 atom stereocenters. The SMILES string of the molecule is CC[C@@H](C(C)C)[C@H](OC(C)=O)[C@@H](OC(C)=O)[C@@H](C)[C@H]1CCC2C3CNC(=O)C4C[C@H](OC(C)=O)[C@H](OC(C)=O)C[C@]4(C)C3CC[C@@]21C. The van der Waals surface area contributed by atoms with Crippen LogP contribution in [0.15, 0.2) is 0 Å². The number of carbonyl (C=O) groups excluding carboxylic acids is 5. The van der Waals surface area contributed by atoms with Crippen LogP contribution < -0.4 is 5.32 Å². The molecule has 10 heteroatoms. The Morgan fingerprint density at radius 3 is 1.94 bits per heavy atom. The van der Waals surface area contributed by atoms with Crippen LogP contribution in [0.5, 0.6) is 0 Å². The van der Waals surface area contributed by atoms with Crippen molar-refractivity contribution in [3.8, 4) is 0 Å². The molecule has 1 heterocycles. The Morgan fingerprint density at radius 1 is 0.809 bits per heavy atom. The van der Waals surface area contributed by atoms with Gasteiger partial charge in [0, 0.05) is 58.4 Å². The summed E-state index contributed by atoms with van der Waals surface area (Å²) in [4.78, 5) is 62.8. The molecule has 0 aromatic rings. The minimum atomic E-state index is -0.663. The molecule has 1 aliphatic heterocycles. The van der Waals surface area contributed by atoms with Crippen LogP contribution in [0.1, 0.15) is 114 Å². The zero-order valence-electron chi connectivity index (χ0n) is 30.3. The van der Waals surface area contributed by atoms with Gasteiger partial charge in [-0.1, -0.05) is 41.5 Å². The van der Waals surface area contributed by atoms with Gasteiger partial charge in [-0.25, -0.2) is 0 Å². The lowest BCUT2D eigenvalue weighted by atomic mass is 9.48. The third kappa shape index (κ3) is 7.36. The van der Waals surface area contributed by atoms with Gasteiger partial charge in [0.25, 0.3) is 0 Å². The van der Waals surface area contributed by atoms with Crippen LogP contribution in [-0.2, 0) is 42.9 Å². The summed E-state index contributed by atoms with van der Waals surface area (Å²) in [6.07, 6.45) is 2.97. The monoisotopic (exact) mass is 661 g/mol. The first-order valence-electron chi connectivity index (χ1n) is 17.9. The maximum Gasteiger partial charge on any atom is 0.303 e. The predicted octanol–water partition coefficient (Wildman–Crippen LogP) is 5.64. The largest absolute Gasteiger partial charge is 0.459 e. The lowest BCUT2D eigenvalue weighted by molar-refractivity contribution is -0.188. The molecule has 10 nitrogen and oxygen atoms in total. The first-order valence-corrected chi connectivity index (χ1v) is 17.9. The summed E-state index contributed by atoms with van der Waals surface area (Å²) in [6, 6.07) is 0. The third-order valence-electron chi connectivity index (χ3n) is 13.0. The van der Waals surface area contributed by atoms with E-state index in [1.165, 1.54) is 27.7 Å². The van der Waals surface area contributed by atoms with E-state index in [1.807, 2.05) is 0 Å². The summed E-state index contributed by atoms with van der Waals surface area (Å²) in [5.41, 5.74) is -0.524. The minimum absolute atomic E-state index is 0.0246. The Labute approximate surface area is 281 Å². The molecule has 3 aliphatic carbocycles. The van der Waals surface area contributed by atoms with Gasteiger partial charge in [0.15, 0.2) is 0 Å².